The molecule has 0 radical (unpaired) electrons. The highest BCUT2D eigenvalue weighted by Gasteiger charge is 2.30. The summed E-state index contributed by atoms with van der Waals surface area (Å²) in [6.45, 7) is 7.25. The van der Waals surface area contributed by atoms with Crippen molar-refractivity contribution in [2.75, 3.05) is 12.3 Å². The molecule has 1 aromatic rings. The molecule has 4 heteroatoms. The quantitative estimate of drug-likeness (QED) is 0.810. The van der Waals surface area contributed by atoms with E-state index in [1.807, 2.05) is 39.0 Å². The Morgan fingerprint density at radius 3 is 2.65 bits per heavy atom. The highest BCUT2D eigenvalue weighted by atomic mass is 16.2. The molecule has 3 N–H and O–H groups in total. The summed E-state index contributed by atoms with van der Waals surface area (Å²) in [5.41, 5.74) is 7.58. The summed E-state index contributed by atoms with van der Waals surface area (Å²) in [7, 11) is 0. The zero-order valence-corrected chi connectivity index (χ0v) is 12.6. The highest BCUT2D eigenvalue weighted by molar-refractivity contribution is 5.78. The summed E-state index contributed by atoms with van der Waals surface area (Å²) in [4.78, 5) is 14.3. The first kappa shape index (κ1) is 14.9. The van der Waals surface area contributed by atoms with Crippen LogP contribution in [0, 0.1) is 0 Å². The van der Waals surface area contributed by atoms with Crippen molar-refractivity contribution in [2.45, 2.75) is 51.7 Å². The van der Waals surface area contributed by atoms with Crippen molar-refractivity contribution in [3.8, 4) is 0 Å². The molecule has 0 unspecified atom stereocenters. The van der Waals surface area contributed by atoms with Gasteiger partial charge in [-0.05, 0) is 51.3 Å². The van der Waals surface area contributed by atoms with Gasteiger partial charge < -0.3 is 11.1 Å². The standard InChI is InChI=1S/C16H25N3O/c1-16(2,3)18-15(20)11-19(14-7-8-14)10-12-5-4-6-13(17)9-12/h4-6,9,14H,7-8,10-11,17H2,1-3H3,(H,18,20). The molecule has 0 heterocycles. The van der Waals surface area contributed by atoms with E-state index in [0.29, 0.717) is 12.6 Å². The third kappa shape index (κ3) is 4.85. The number of anilines is 1. The third-order valence-electron chi connectivity index (χ3n) is 3.26. The van der Waals surface area contributed by atoms with Crippen molar-refractivity contribution < 1.29 is 4.79 Å². The van der Waals surface area contributed by atoms with Crippen molar-refractivity contribution in [1.82, 2.24) is 10.2 Å². The van der Waals surface area contributed by atoms with Crippen molar-refractivity contribution >= 4 is 11.6 Å². The van der Waals surface area contributed by atoms with Gasteiger partial charge in [0.05, 0.1) is 6.54 Å². The van der Waals surface area contributed by atoms with Crippen LogP contribution in [0.1, 0.15) is 39.2 Å². The highest BCUT2D eigenvalue weighted by Crippen LogP contribution is 2.28. The Balaban J connectivity index is 1.96. The smallest absolute Gasteiger partial charge is 0.234 e. The number of nitrogens with one attached hydrogen (secondary N) is 1. The number of nitrogens with two attached hydrogens (primary N) is 1. The monoisotopic (exact) mass is 275 g/mol. The van der Waals surface area contributed by atoms with E-state index in [1.165, 1.54) is 18.4 Å². The molecule has 0 spiro atoms. The van der Waals surface area contributed by atoms with E-state index in [-0.39, 0.29) is 11.4 Å². The van der Waals surface area contributed by atoms with Crippen LogP contribution in [0.25, 0.3) is 0 Å². The van der Waals surface area contributed by atoms with Gasteiger partial charge in [0.25, 0.3) is 0 Å². The van der Waals surface area contributed by atoms with E-state index in [2.05, 4.69) is 16.3 Å². The fourth-order valence-electron chi connectivity index (χ4n) is 2.32. The number of hydrogen-bond acceptors (Lipinski definition) is 3. The first-order valence-electron chi connectivity index (χ1n) is 7.23. The van der Waals surface area contributed by atoms with Gasteiger partial charge >= 0.3 is 0 Å². The summed E-state index contributed by atoms with van der Waals surface area (Å²) in [6, 6.07) is 8.44. The van der Waals surface area contributed by atoms with Gasteiger partial charge in [-0.1, -0.05) is 12.1 Å². The first-order valence-corrected chi connectivity index (χ1v) is 7.23. The molecule has 1 amide bonds. The van der Waals surface area contributed by atoms with Crippen LogP contribution < -0.4 is 11.1 Å². The van der Waals surface area contributed by atoms with Crippen LogP contribution in [-0.4, -0.2) is 28.9 Å². The van der Waals surface area contributed by atoms with Crippen molar-refractivity contribution in [3.05, 3.63) is 29.8 Å². The summed E-state index contributed by atoms with van der Waals surface area (Å²) in [5, 5.41) is 3.02. The molecule has 0 bridgehead atoms. The number of nitrogen functional groups attached to an aromatic ring is 1. The second kappa shape index (κ2) is 5.83. The number of carbonyl (C=O) groups excluding carboxylic acids is 1. The summed E-state index contributed by atoms with van der Waals surface area (Å²) in [5.74, 6) is 0.0910. The molecular formula is C16H25N3O. The Bertz CT molecular complexity index is 475. The number of nitrogens with zero attached hydrogens (tertiary/aromatic N) is 1. The molecule has 1 aromatic carbocycles. The SMILES string of the molecule is CC(C)(C)NC(=O)CN(Cc1cccc(N)c1)C1CC1. The van der Waals surface area contributed by atoms with Crippen molar-refractivity contribution in [2.24, 2.45) is 0 Å². The third-order valence-corrected chi connectivity index (χ3v) is 3.26. The molecule has 1 aliphatic carbocycles. The van der Waals surface area contributed by atoms with E-state index in [4.69, 9.17) is 5.73 Å². The molecule has 1 fully saturated rings. The van der Waals surface area contributed by atoms with Gasteiger partial charge in [0, 0.05) is 23.8 Å². The predicted octanol–water partition coefficient (Wildman–Crippen LogP) is 2.15. The van der Waals surface area contributed by atoms with Gasteiger partial charge in [0.1, 0.15) is 0 Å². The van der Waals surface area contributed by atoms with E-state index in [1.54, 1.807) is 0 Å². The van der Waals surface area contributed by atoms with Gasteiger partial charge in [-0.2, -0.15) is 0 Å². The molecule has 4 nitrogen and oxygen atoms in total. The lowest BCUT2D eigenvalue weighted by Gasteiger charge is -2.25. The number of benzene rings is 1. The molecule has 110 valence electrons. The molecule has 0 aliphatic heterocycles. The fourth-order valence-corrected chi connectivity index (χ4v) is 2.32. The molecule has 0 atom stereocenters. The summed E-state index contributed by atoms with van der Waals surface area (Å²) >= 11 is 0. The van der Waals surface area contributed by atoms with Crippen LogP contribution in [0.3, 0.4) is 0 Å². The lowest BCUT2D eigenvalue weighted by atomic mass is 10.1. The number of amides is 1. The van der Waals surface area contributed by atoms with Crippen LogP contribution in [0.5, 0.6) is 0 Å². The van der Waals surface area contributed by atoms with Gasteiger partial charge in [-0.15, -0.1) is 0 Å². The number of rotatable bonds is 5. The predicted molar refractivity (Wildman–Crippen MR) is 82.2 cm³/mol. The maximum atomic E-state index is 12.1. The second-order valence-electron chi connectivity index (χ2n) is 6.68. The molecule has 2 rings (SSSR count). The summed E-state index contributed by atoms with van der Waals surface area (Å²) < 4.78 is 0. The van der Waals surface area contributed by atoms with E-state index < -0.39 is 0 Å². The largest absolute Gasteiger partial charge is 0.399 e. The Hall–Kier alpha value is -1.55. The Morgan fingerprint density at radius 1 is 1.40 bits per heavy atom. The molecule has 1 aliphatic rings. The van der Waals surface area contributed by atoms with Gasteiger partial charge in [0.15, 0.2) is 0 Å². The lowest BCUT2D eigenvalue weighted by molar-refractivity contribution is -0.123. The zero-order chi connectivity index (χ0) is 14.8. The van der Waals surface area contributed by atoms with Gasteiger partial charge in [-0.25, -0.2) is 0 Å². The number of carbonyl (C=O) groups is 1. The maximum Gasteiger partial charge on any atom is 0.234 e. The Labute approximate surface area is 121 Å². The van der Waals surface area contributed by atoms with E-state index in [0.717, 1.165) is 12.2 Å². The average Bonchev–Trinajstić information content (AvgIpc) is 3.09. The number of hydrogen-bond donors (Lipinski definition) is 2. The van der Waals surface area contributed by atoms with Crippen LogP contribution in [0.2, 0.25) is 0 Å². The Kier molecular flexibility index (Phi) is 4.33. The van der Waals surface area contributed by atoms with Gasteiger partial charge in [0.2, 0.25) is 5.91 Å². The van der Waals surface area contributed by atoms with E-state index in [9.17, 15) is 4.79 Å². The topological polar surface area (TPSA) is 58.4 Å². The summed E-state index contributed by atoms with van der Waals surface area (Å²) in [6.07, 6.45) is 2.37. The first-order chi connectivity index (χ1) is 9.33. The minimum atomic E-state index is -0.177. The normalized spacial score (nSPS) is 15.4. The van der Waals surface area contributed by atoms with Gasteiger partial charge in [-0.3, -0.25) is 9.69 Å². The van der Waals surface area contributed by atoms with Crippen molar-refractivity contribution in [1.29, 1.82) is 0 Å². The van der Waals surface area contributed by atoms with E-state index >= 15 is 0 Å². The Morgan fingerprint density at radius 2 is 2.10 bits per heavy atom. The molecule has 0 saturated heterocycles. The minimum Gasteiger partial charge on any atom is -0.399 e. The van der Waals surface area contributed by atoms with Crippen molar-refractivity contribution in [3.63, 3.8) is 0 Å². The lowest BCUT2D eigenvalue weighted by Crippen LogP contribution is -2.46. The molecule has 1 saturated carbocycles. The zero-order valence-electron chi connectivity index (χ0n) is 12.6. The maximum absolute atomic E-state index is 12.1. The average molecular weight is 275 g/mol. The van der Waals surface area contributed by atoms with Crippen LogP contribution in [0.4, 0.5) is 5.69 Å². The minimum absolute atomic E-state index is 0.0910. The second-order valence-corrected chi connectivity index (χ2v) is 6.68. The fraction of sp³-hybridized carbons (Fsp3) is 0.562. The molecule has 0 aromatic heterocycles. The molecular weight excluding hydrogens is 250 g/mol. The molecule has 20 heavy (non-hydrogen) atoms. The van der Waals surface area contributed by atoms with Crippen LogP contribution in [0.15, 0.2) is 24.3 Å². The van der Waals surface area contributed by atoms with Crippen LogP contribution >= 0.6 is 0 Å². The van der Waals surface area contributed by atoms with Crippen LogP contribution in [-0.2, 0) is 11.3 Å².